The normalized spacial score (nSPS) is 12.6. The molecule has 0 radical (unpaired) electrons. The van der Waals surface area contributed by atoms with Crippen molar-refractivity contribution in [2.75, 3.05) is 26.1 Å². The summed E-state index contributed by atoms with van der Waals surface area (Å²) in [6, 6.07) is -0.615. The zero-order valence-electron chi connectivity index (χ0n) is 7.16. The average molecular weight is 193 g/mol. The Morgan fingerprint density at radius 2 is 2.25 bits per heavy atom. The summed E-state index contributed by atoms with van der Waals surface area (Å²) >= 11 is 3.87. The lowest BCUT2D eigenvalue weighted by Crippen LogP contribution is -2.34. The highest BCUT2D eigenvalue weighted by atomic mass is 32.1. The summed E-state index contributed by atoms with van der Waals surface area (Å²) in [7, 11) is 1.60. The number of methoxy groups -OCH3 is 1. The molecular formula is C7H15NO3S. The number of carbonyl (C=O) groups is 1. The van der Waals surface area contributed by atoms with Crippen molar-refractivity contribution in [1.29, 1.82) is 0 Å². The molecule has 0 rings (SSSR count). The number of ether oxygens (including phenoxy) is 2. The van der Waals surface area contributed by atoms with Crippen LogP contribution in [0, 0.1) is 0 Å². The van der Waals surface area contributed by atoms with E-state index in [0.29, 0.717) is 25.4 Å². The summed E-state index contributed by atoms with van der Waals surface area (Å²) in [4.78, 5) is 10.9. The zero-order chi connectivity index (χ0) is 9.40. The second-order valence-corrected chi connectivity index (χ2v) is 2.67. The first-order valence-electron chi connectivity index (χ1n) is 3.74. The number of esters is 1. The van der Waals surface area contributed by atoms with Gasteiger partial charge < -0.3 is 15.2 Å². The second kappa shape index (κ2) is 7.39. The van der Waals surface area contributed by atoms with Crippen molar-refractivity contribution in [3.63, 3.8) is 0 Å². The Hall–Kier alpha value is -0.260. The van der Waals surface area contributed by atoms with Gasteiger partial charge in [-0.15, -0.1) is 0 Å². The molecule has 1 atom stereocenters. The number of rotatable bonds is 6. The van der Waals surface area contributed by atoms with Crippen LogP contribution < -0.4 is 5.73 Å². The number of nitrogens with two attached hydrogens (primary N) is 1. The summed E-state index contributed by atoms with van der Waals surface area (Å²) in [5.41, 5.74) is 5.35. The number of carbonyl (C=O) groups excluding carboxylic acids is 1. The second-order valence-electron chi connectivity index (χ2n) is 2.30. The fourth-order valence-electron chi connectivity index (χ4n) is 0.558. The maximum atomic E-state index is 10.9. The predicted octanol–water partition coefficient (Wildman–Crippen LogP) is -0.177. The lowest BCUT2D eigenvalue weighted by atomic mass is 10.4. The molecule has 0 aliphatic heterocycles. The molecular weight excluding hydrogens is 178 g/mol. The molecule has 0 aromatic heterocycles. The van der Waals surface area contributed by atoms with Gasteiger partial charge in [-0.2, -0.15) is 12.6 Å². The quantitative estimate of drug-likeness (QED) is 0.349. The first kappa shape index (κ1) is 11.7. The van der Waals surface area contributed by atoms with Crippen LogP contribution in [0.1, 0.15) is 6.42 Å². The summed E-state index contributed by atoms with van der Waals surface area (Å²) in [5.74, 6) is -0.0931. The van der Waals surface area contributed by atoms with E-state index in [4.69, 9.17) is 15.2 Å². The summed E-state index contributed by atoms with van der Waals surface area (Å²) in [5, 5.41) is 0. The van der Waals surface area contributed by atoms with Gasteiger partial charge in [-0.3, -0.25) is 4.79 Å². The third kappa shape index (κ3) is 5.40. The molecule has 0 spiro atoms. The Morgan fingerprint density at radius 3 is 2.75 bits per heavy atom. The van der Waals surface area contributed by atoms with Crippen LogP contribution in [0.4, 0.5) is 0 Å². The van der Waals surface area contributed by atoms with Gasteiger partial charge in [-0.25, -0.2) is 0 Å². The van der Waals surface area contributed by atoms with E-state index in [-0.39, 0.29) is 0 Å². The molecule has 0 aliphatic rings. The molecule has 1 unspecified atom stereocenters. The highest BCUT2D eigenvalue weighted by Crippen LogP contribution is 1.90. The van der Waals surface area contributed by atoms with Crippen molar-refractivity contribution in [2.24, 2.45) is 5.73 Å². The van der Waals surface area contributed by atoms with Crippen molar-refractivity contribution in [3.05, 3.63) is 0 Å². The minimum Gasteiger partial charge on any atom is -0.464 e. The van der Waals surface area contributed by atoms with E-state index in [1.807, 2.05) is 0 Å². The fourth-order valence-corrected chi connectivity index (χ4v) is 0.707. The Labute approximate surface area is 77.8 Å². The van der Waals surface area contributed by atoms with Crippen molar-refractivity contribution in [3.8, 4) is 0 Å². The van der Waals surface area contributed by atoms with Crippen LogP contribution in [0.2, 0.25) is 0 Å². The molecule has 0 fully saturated rings. The van der Waals surface area contributed by atoms with Gasteiger partial charge in [0, 0.05) is 25.9 Å². The third-order valence-corrected chi connectivity index (χ3v) is 1.63. The van der Waals surface area contributed by atoms with Gasteiger partial charge in [-0.05, 0) is 0 Å². The first-order chi connectivity index (χ1) is 5.72. The van der Waals surface area contributed by atoms with Crippen LogP contribution in [-0.2, 0) is 14.3 Å². The largest absolute Gasteiger partial charge is 0.464 e. The molecule has 12 heavy (non-hydrogen) atoms. The topological polar surface area (TPSA) is 61.5 Å². The Balaban J connectivity index is 3.31. The molecule has 72 valence electrons. The van der Waals surface area contributed by atoms with Crippen molar-refractivity contribution < 1.29 is 14.3 Å². The summed E-state index contributed by atoms with van der Waals surface area (Å²) in [6.07, 6.45) is 0.696. The standard InChI is InChI=1S/C7H15NO3S/c1-10-3-2-4-11-7(9)6(8)5-12/h6,12H,2-5,8H2,1H3. The smallest absolute Gasteiger partial charge is 0.323 e. The molecule has 0 heterocycles. The van der Waals surface area contributed by atoms with Gasteiger partial charge in [-0.1, -0.05) is 0 Å². The van der Waals surface area contributed by atoms with Crippen molar-refractivity contribution in [2.45, 2.75) is 12.5 Å². The fraction of sp³-hybridized carbons (Fsp3) is 0.857. The van der Waals surface area contributed by atoms with Crippen LogP contribution >= 0.6 is 12.6 Å². The highest BCUT2D eigenvalue weighted by Gasteiger charge is 2.11. The lowest BCUT2D eigenvalue weighted by molar-refractivity contribution is -0.144. The summed E-state index contributed by atoms with van der Waals surface area (Å²) in [6.45, 7) is 0.942. The van der Waals surface area contributed by atoms with E-state index in [9.17, 15) is 4.79 Å². The minimum atomic E-state index is -0.615. The van der Waals surface area contributed by atoms with Crippen LogP contribution in [0.15, 0.2) is 0 Å². The molecule has 0 saturated heterocycles. The molecule has 0 aromatic carbocycles. The number of hydrogen-bond acceptors (Lipinski definition) is 5. The van der Waals surface area contributed by atoms with Gasteiger partial charge >= 0.3 is 5.97 Å². The molecule has 4 nitrogen and oxygen atoms in total. The molecule has 0 aromatic rings. The van der Waals surface area contributed by atoms with E-state index in [0.717, 1.165) is 0 Å². The lowest BCUT2D eigenvalue weighted by Gasteiger charge is -2.08. The summed E-state index contributed by atoms with van der Waals surface area (Å²) < 4.78 is 9.58. The maximum absolute atomic E-state index is 10.9. The van der Waals surface area contributed by atoms with Gasteiger partial charge in [0.25, 0.3) is 0 Å². The number of hydrogen-bond donors (Lipinski definition) is 2. The van der Waals surface area contributed by atoms with Crippen LogP contribution in [-0.4, -0.2) is 38.1 Å². The van der Waals surface area contributed by atoms with Crippen LogP contribution in [0.25, 0.3) is 0 Å². The van der Waals surface area contributed by atoms with E-state index >= 15 is 0 Å². The molecule has 5 heteroatoms. The third-order valence-electron chi connectivity index (χ3n) is 1.24. The molecule has 0 aliphatic carbocycles. The molecule has 0 amide bonds. The zero-order valence-corrected chi connectivity index (χ0v) is 8.05. The van der Waals surface area contributed by atoms with Crippen LogP contribution in [0.3, 0.4) is 0 Å². The predicted molar refractivity (Wildman–Crippen MR) is 49.3 cm³/mol. The number of thiol groups is 1. The minimum absolute atomic E-state index is 0.309. The van der Waals surface area contributed by atoms with E-state index in [2.05, 4.69) is 12.6 Å². The molecule has 2 N–H and O–H groups in total. The maximum Gasteiger partial charge on any atom is 0.323 e. The van der Waals surface area contributed by atoms with Gasteiger partial charge in [0.05, 0.1) is 6.61 Å². The molecule has 0 saturated carbocycles. The monoisotopic (exact) mass is 193 g/mol. The van der Waals surface area contributed by atoms with E-state index < -0.39 is 12.0 Å². The van der Waals surface area contributed by atoms with Crippen LogP contribution in [0.5, 0.6) is 0 Å². The van der Waals surface area contributed by atoms with Gasteiger partial charge in [0.1, 0.15) is 6.04 Å². The average Bonchev–Trinajstić information content (AvgIpc) is 2.10. The highest BCUT2D eigenvalue weighted by molar-refractivity contribution is 7.80. The van der Waals surface area contributed by atoms with E-state index in [1.54, 1.807) is 7.11 Å². The van der Waals surface area contributed by atoms with Crippen molar-refractivity contribution in [1.82, 2.24) is 0 Å². The Morgan fingerprint density at radius 1 is 1.58 bits per heavy atom. The SMILES string of the molecule is COCCCOC(=O)C(N)CS. The van der Waals surface area contributed by atoms with Gasteiger partial charge in [0.15, 0.2) is 0 Å². The Kier molecular flexibility index (Phi) is 7.23. The Bertz CT molecular complexity index is 132. The first-order valence-corrected chi connectivity index (χ1v) is 4.37. The molecule has 0 bridgehead atoms. The van der Waals surface area contributed by atoms with E-state index in [1.165, 1.54) is 0 Å². The van der Waals surface area contributed by atoms with Gasteiger partial charge in [0.2, 0.25) is 0 Å². The van der Waals surface area contributed by atoms with Crippen molar-refractivity contribution >= 4 is 18.6 Å².